The molecule has 0 aliphatic carbocycles. The highest BCUT2D eigenvalue weighted by Crippen LogP contribution is 2.21. The molecule has 70 valence electrons. The summed E-state index contributed by atoms with van der Waals surface area (Å²) in [5, 5.41) is 1.58. The maximum atomic E-state index is 10.7. The predicted molar refractivity (Wildman–Crippen MR) is 43.1 cm³/mol. The van der Waals surface area contributed by atoms with Crippen molar-refractivity contribution in [2.45, 2.75) is 32.9 Å². The second-order valence-corrected chi connectivity index (χ2v) is 3.33. The first-order valence-corrected chi connectivity index (χ1v) is 4.12. The zero-order valence-corrected chi connectivity index (χ0v) is 7.79. The highest BCUT2D eigenvalue weighted by molar-refractivity contribution is 5.65. The lowest BCUT2D eigenvalue weighted by molar-refractivity contribution is -0.299. The fourth-order valence-electron chi connectivity index (χ4n) is 1.18. The lowest BCUT2D eigenvalue weighted by Gasteiger charge is -2.39. The van der Waals surface area contributed by atoms with Crippen LogP contribution in [0.3, 0.4) is 0 Å². The number of carbonyl (C=O) groups excluding carboxylic acids is 1. The third-order valence-corrected chi connectivity index (χ3v) is 1.80. The van der Waals surface area contributed by atoms with Crippen LogP contribution in [0.4, 0.5) is 0 Å². The molecule has 1 aliphatic heterocycles. The van der Waals surface area contributed by atoms with Crippen LogP contribution < -0.4 is 0 Å². The molecule has 0 N–H and O–H groups in total. The van der Waals surface area contributed by atoms with Crippen LogP contribution in [0.2, 0.25) is 0 Å². The van der Waals surface area contributed by atoms with Crippen LogP contribution in [0, 0.1) is 0 Å². The van der Waals surface area contributed by atoms with Crippen LogP contribution in [-0.4, -0.2) is 29.9 Å². The van der Waals surface area contributed by atoms with E-state index in [1.165, 1.54) is 6.92 Å². The van der Waals surface area contributed by atoms with Gasteiger partial charge in [-0.25, -0.2) is 0 Å². The van der Waals surface area contributed by atoms with Crippen LogP contribution in [-0.2, 0) is 14.4 Å². The summed E-state index contributed by atoms with van der Waals surface area (Å²) in [4.78, 5) is 15.7. The summed E-state index contributed by atoms with van der Waals surface area (Å²) < 4.78 is 5.43. The topological polar surface area (TPSA) is 38.8 Å². The van der Waals surface area contributed by atoms with E-state index >= 15 is 0 Å². The monoisotopic (exact) mass is 173 g/mol. The molecular formula is C8H15NO3. The van der Waals surface area contributed by atoms with Gasteiger partial charge in [0.1, 0.15) is 5.72 Å². The molecule has 0 atom stereocenters. The highest BCUT2D eigenvalue weighted by Gasteiger charge is 2.33. The van der Waals surface area contributed by atoms with Gasteiger partial charge in [0.2, 0.25) is 0 Å². The van der Waals surface area contributed by atoms with Gasteiger partial charge >= 0.3 is 5.97 Å². The van der Waals surface area contributed by atoms with Gasteiger partial charge in [0.25, 0.3) is 0 Å². The van der Waals surface area contributed by atoms with Gasteiger partial charge in [-0.05, 0) is 20.3 Å². The van der Waals surface area contributed by atoms with Gasteiger partial charge in [0.05, 0.1) is 6.61 Å². The lowest BCUT2D eigenvalue weighted by atomic mass is 10.2. The molecule has 0 aromatic rings. The first-order valence-electron chi connectivity index (χ1n) is 4.12. The second kappa shape index (κ2) is 3.41. The van der Waals surface area contributed by atoms with Crippen molar-refractivity contribution >= 4 is 5.97 Å². The molecule has 0 radical (unpaired) electrons. The van der Waals surface area contributed by atoms with Crippen molar-refractivity contribution < 1.29 is 14.4 Å². The molecule has 0 unspecified atom stereocenters. The third-order valence-electron chi connectivity index (χ3n) is 1.80. The minimum absolute atomic E-state index is 0.298. The number of ether oxygens (including phenoxy) is 1. The average molecular weight is 173 g/mol. The summed E-state index contributed by atoms with van der Waals surface area (Å²) in [7, 11) is 0. The number of nitrogens with zero attached hydrogens (tertiary/aromatic N) is 1. The van der Waals surface area contributed by atoms with Gasteiger partial charge < -0.3 is 9.57 Å². The molecule has 1 fully saturated rings. The van der Waals surface area contributed by atoms with E-state index in [1.54, 1.807) is 5.06 Å². The fourth-order valence-corrected chi connectivity index (χ4v) is 1.18. The summed E-state index contributed by atoms with van der Waals surface area (Å²) in [6, 6.07) is 0. The Hall–Kier alpha value is -0.610. The minimum Gasteiger partial charge on any atom is -0.365 e. The standard InChI is InChI=1S/C8H15NO3/c1-7(10)12-9-5-4-6-11-8(9,2)3/h4-6H2,1-3H3. The summed E-state index contributed by atoms with van der Waals surface area (Å²) >= 11 is 0. The molecule has 0 amide bonds. The van der Waals surface area contributed by atoms with E-state index in [4.69, 9.17) is 9.57 Å². The number of hydroxylamine groups is 2. The highest BCUT2D eigenvalue weighted by atomic mass is 16.7. The van der Waals surface area contributed by atoms with E-state index in [2.05, 4.69) is 0 Å². The summed E-state index contributed by atoms with van der Waals surface area (Å²) in [6.07, 6.45) is 0.900. The van der Waals surface area contributed by atoms with Gasteiger partial charge in [-0.1, -0.05) is 0 Å². The van der Waals surface area contributed by atoms with Crippen molar-refractivity contribution in [2.24, 2.45) is 0 Å². The molecule has 0 saturated carbocycles. The Morgan fingerprint density at radius 3 is 2.75 bits per heavy atom. The van der Waals surface area contributed by atoms with Crippen LogP contribution in [0.25, 0.3) is 0 Å². The smallest absolute Gasteiger partial charge is 0.322 e. The van der Waals surface area contributed by atoms with E-state index in [0.717, 1.165) is 19.6 Å². The average Bonchev–Trinajstić information content (AvgIpc) is 1.92. The first-order chi connectivity index (χ1) is 5.52. The van der Waals surface area contributed by atoms with Crippen LogP contribution >= 0.6 is 0 Å². The number of rotatable bonds is 1. The second-order valence-electron chi connectivity index (χ2n) is 3.33. The van der Waals surface area contributed by atoms with Gasteiger partial charge in [-0.15, -0.1) is 5.06 Å². The van der Waals surface area contributed by atoms with Crippen molar-refractivity contribution in [3.8, 4) is 0 Å². The Morgan fingerprint density at radius 1 is 1.58 bits per heavy atom. The van der Waals surface area contributed by atoms with Gasteiger partial charge in [0.15, 0.2) is 0 Å². The third kappa shape index (κ3) is 2.19. The number of hydrogen-bond acceptors (Lipinski definition) is 4. The van der Waals surface area contributed by atoms with E-state index in [0.29, 0.717) is 0 Å². The molecule has 0 aromatic heterocycles. The van der Waals surface area contributed by atoms with E-state index in [-0.39, 0.29) is 5.97 Å². The molecule has 12 heavy (non-hydrogen) atoms. The quantitative estimate of drug-likeness (QED) is 0.591. The maximum absolute atomic E-state index is 10.7. The molecular weight excluding hydrogens is 158 g/mol. The molecule has 4 nitrogen and oxygen atoms in total. The molecule has 0 spiro atoms. The van der Waals surface area contributed by atoms with Crippen LogP contribution in [0.1, 0.15) is 27.2 Å². The molecule has 1 heterocycles. The van der Waals surface area contributed by atoms with E-state index in [1.807, 2.05) is 13.8 Å². The predicted octanol–water partition coefficient (Wildman–Crippen LogP) is 0.923. The normalized spacial score (nSPS) is 23.6. The number of carbonyl (C=O) groups is 1. The zero-order valence-electron chi connectivity index (χ0n) is 7.79. The molecule has 0 aromatic carbocycles. The van der Waals surface area contributed by atoms with Crippen molar-refractivity contribution in [1.82, 2.24) is 5.06 Å². The number of hydrogen-bond donors (Lipinski definition) is 0. The Balaban J connectivity index is 2.54. The van der Waals surface area contributed by atoms with Crippen molar-refractivity contribution in [2.75, 3.05) is 13.2 Å². The summed E-state index contributed by atoms with van der Waals surface area (Å²) in [6.45, 7) is 6.63. The van der Waals surface area contributed by atoms with Crippen molar-refractivity contribution in [3.05, 3.63) is 0 Å². The summed E-state index contributed by atoms with van der Waals surface area (Å²) in [5.74, 6) is -0.298. The van der Waals surface area contributed by atoms with Crippen molar-refractivity contribution in [1.29, 1.82) is 0 Å². The largest absolute Gasteiger partial charge is 0.365 e. The van der Waals surface area contributed by atoms with E-state index in [9.17, 15) is 4.79 Å². The fraction of sp³-hybridized carbons (Fsp3) is 0.875. The van der Waals surface area contributed by atoms with Crippen molar-refractivity contribution in [3.63, 3.8) is 0 Å². The summed E-state index contributed by atoms with van der Waals surface area (Å²) in [5.41, 5.74) is -0.482. The molecule has 1 aliphatic rings. The molecule has 1 rings (SSSR count). The maximum Gasteiger partial charge on any atom is 0.322 e. The Morgan fingerprint density at radius 2 is 2.25 bits per heavy atom. The van der Waals surface area contributed by atoms with Gasteiger partial charge in [-0.3, -0.25) is 4.79 Å². The molecule has 1 saturated heterocycles. The van der Waals surface area contributed by atoms with Crippen LogP contribution in [0.15, 0.2) is 0 Å². The zero-order chi connectivity index (χ0) is 9.19. The van der Waals surface area contributed by atoms with Gasteiger partial charge in [-0.2, -0.15) is 0 Å². The molecule has 0 bridgehead atoms. The minimum atomic E-state index is -0.482. The Labute approximate surface area is 72.4 Å². The first kappa shape index (κ1) is 9.48. The SMILES string of the molecule is CC(=O)ON1CCCOC1(C)C. The van der Waals surface area contributed by atoms with Crippen LogP contribution in [0.5, 0.6) is 0 Å². The Bertz CT molecular complexity index is 179. The Kier molecular flexibility index (Phi) is 2.69. The molecule has 4 heteroatoms. The van der Waals surface area contributed by atoms with Gasteiger partial charge in [0, 0.05) is 13.5 Å². The lowest BCUT2D eigenvalue weighted by Crippen LogP contribution is -2.50. The van der Waals surface area contributed by atoms with E-state index < -0.39 is 5.72 Å².